The molecule has 5 heteroatoms. The van der Waals surface area contributed by atoms with E-state index in [0.717, 1.165) is 33.4 Å². The molecule has 3 heterocycles. The molecule has 0 fully saturated rings. The van der Waals surface area contributed by atoms with Crippen LogP contribution in [0.3, 0.4) is 0 Å². The van der Waals surface area contributed by atoms with Gasteiger partial charge < -0.3 is 5.32 Å². The number of carbonyl (C=O) groups excluding carboxylic acids is 1. The Morgan fingerprint density at radius 1 is 0.963 bits per heavy atom. The molecule has 27 heavy (non-hydrogen) atoms. The lowest BCUT2D eigenvalue weighted by Crippen LogP contribution is -2.15. The number of para-hydroxylation sites is 1. The molecule has 0 aliphatic carbocycles. The van der Waals surface area contributed by atoms with Gasteiger partial charge in [0.1, 0.15) is 5.82 Å². The van der Waals surface area contributed by atoms with E-state index in [0.29, 0.717) is 5.82 Å². The second-order valence-corrected chi connectivity index (χ2v) is 6.32. The van der Waals surface area contributed by atoms with E-state index in [9.17, 15) is 4.79 Å². The third-order valence-electron chi connectivity index (χ3n) is 4.27. The summed E-state index contributed by atoms with van der Waals surface area (Å²) in [6, 6.07) is 19.3. The molecule has 0 aliphatic heterocycles. The fraction of sp³-hybridized carbons (Fsp3) is 0.0909. The number of rotatable bonds is 4. The molecule has 1 N–H and O–H groups in total. The summed E-state index contributed by atoms with van der Waals surface area (Å²) in [5.74, 6) is 0.443. The Morgan fingerprint density at radius 3 is 2.67 bits per heavy atom. The first-order valence-corrected chi connectivity index (χ1v) is 8.71. The van der Waals surface area contributed by atoms with Crippen LogP contribution in [0.4, 0.5) is 5.82 Å². The second kappa shape index (κ2) is 7.33. The highest BCUT2D eigenvalue weighted by Gasteiger charge is 2.10. The van der Waals surface area contributed by atoms with E-state index in [1.54, 1.807) is 18.5 Å². The minimum Gasteiger partial charge on any atom is -0.310 e. The quantitative estimate of drug-likeness (QED) is 0.597. The number of anilines is 1. The highest BCUT2D eigenvalue weighted by Crippen LogP contribution is 2.23. The van der Waals surface area contributed by atoms with Crippen LogP contribution in [0.2, 0.25) is 0 Å². The van der Waals surface area contributed by atoms with E-state index in [1.807, 2.05) is 61.5 Å². The lowest BCUT2D eigenvalue weighted by atomic mass is 10.0. The number of amides is 1. The molecule has 4 rings (SSSR count). The molecule has 0 unspecified atom stereocenters. The Kier molecular flexibility index (Phi) is 4.58. The van der Waals surface area contributed by atoms with Gasteiger partial charge in [0, 0.05) is 29.0 Å². The lowest BCUT2D eigenvalue weighted by Gasteiger charge is -2.09. The van der Waals surface area contributed by atoms with Crippen molar-refractivity contribution in [1.82, 2.24) is 15.0 Å². The number of carbonyl (C=O) groups is 1. The Labute approximate surface area is 157 Å². The minimum atomic E-state index is -0.116. The number of fused-ring (bicyclic) bond motifs is 1. The third kappa shape index (κ3) is 3.82. The standard InChI is InChI=1S/C22H18N4O/c1-15-5-2-9-20(24-15)26-21(27)13-17-7-3-6-16-10-11-19(25-22(16)17)18-8-4-12-23-14-18/h2-12,14H,13H2,1H3,(H,24,26,27). The molecule has 1 amide bonds. The van der Waals surface area contributed by atoms with Crippen LogP contribution >= 0.6 is 0 Å². The average molecular weight is 354 g/mol. The van der Waals surface area contributed by atoms with E-state index in [2.05, 4.69) is 15.3 Å². The summed E-state index contributed by atoms with van der Waals surface area (Å²) >= 11 is 0. The van der Waals surface area contributed by atoms with E-state index in [-0.39, 0.29) is 12.3 Å². The second-order valence-electron chi connectivity index (χ2n) is 6.32. The SMILES string of the molecule is Cc1cccc(NC(=O)Cc2cccc3ccc(-c4cccnc4)nc23)n1. The summed E-state index contributed by atoms with van der Waals surface area (Å²) in [5, 5.41) is 3.86. The van der Waals surface area contributed by atoms with E-state index in [4.69, 9.17) is 4.98 Å². The van der Waals surface area contributed by atoms with Crippen LogP contribution in [-0.4, -0.2) is 20.9 Å². The Hall–Kier alpha value is -3.60. The van der Waals surface area contributed by atoms with Crippen molar-refractivity contribution < 1.29 is 4.79 Å². The minimum absolute atomic E-state index is 0.116. The molecule has 0 spiro atoms. The number of benzene rings is 1. The number of aromatic nitrogens is 3. The summed E-state index contributed by atoms with van der Waals surface area (Å²) in [5.41, 5.74) is 4.35. The van der Waals surface area contributed by atoms with Crippen molar-refractivity contribution >= 4 is 22.6 Å². The van der Waals surface area contributed by atoms with Crippen molar-refractivity contribution in [3.8, 4) is 11.3 Å². The van der Waals surface area contributed by atoms with Crippen molar-refractivity contribution in [3.05, 3.63) is 84.3 Å². The summed E-state index contributed by atoms with van der Waals surface area (Å²) in [7, 11) is 0. The smallest absolute Gasteiger partial charge is 0.230 e. The maximum absolute atomic E-state index is 12.5. The van der Waals surface area contributed by atoms with Gasteiger partial charge in [-0.1, -0.05) is 30.3 Å². The van der Waals surface area contributed by atoms with Crippen LogP contribution in [-0.2, 0) is 11.2 Å². The maximum Gasteiger partial charge on any atom is 0.230 e. The lowest BCUT2D eigenvalue weighted by molar-refractivity contribution is -0.115. The Morgan fingerprint density at radius 2 is 1.85 bits per heavy atom. The number of aryl methyl sites for hydroxylation is 1. The van der Waals surface area contributed by atoms with Crippen LogP contribution in [0.1, 0.15) is 11.3 Å². The van der Waals surface area contributed by atoms with Gasteiger partial charge in [-0.05, 0) is 42.8 Å². The van der Waals surface area contributed by atoms with E-state index in [1.165, 1.54) is 0 Å². The van der Waals surface area contributed by atoms with Crippen molar-refractivity contribution in [3.63, 3.8) is 0 Å². The third-order valence-corrected chi connectivity index (χ3v) is 4.27. The predicted octanol–water partition coefficient (Wildman–Crippen LogP) is 4.18. The number of hydrogen-bond donors (Lipinski definition) is 1. The van der Waals surface area contributed by atoms with Gasteiger partial charge in [-0.15, -0.1) is 0 Å². The van der Waals surface area contributed by atoms with Crippen LogP contribution in [0.25, 0.3) is 22.2 Å². The molecule has 0 radical (unpaired) electrons. The fourth-order valence-electron chi connectivity index (χ4n) is 3.00. The van der Waals surface area contributed by atoms with Gasteiger partial charge in [0.05, 0.1) is 17.6 Å². The van der Waals surface area contributed by atoms with E-state index < -0.39 is 0 Å². The van der Waals surface area contributed by atoms with Gasteiger partial charge in [0.25, 0.3) is 0 Å². The summed E-state index contributed by atoms with van der Waals surface area (Å²) in [6.45, 7) is 1.89. The van der Waals surface area contributed by atoms with Crippen molar-refractivity contribution in [2.45, 2.75) is 13.3 Å². The highest BCUT2D eigenvalue weighted by atomic mass is 16.1. The van der Waals surface area contributed by atoms with Crippen molar-refractivity contribution in [2.24, 2.45) is 0 Å². The normalized spacial score (nSPS) is 10.7. The molecule has 4 aromatic rings. The Balaban J connectivity index is 1.64. The van der Waals surface area contributed by atoms with Crippen LogP contribution in [0.5, 0.6) is 0 Å². The monoisotopic (exact) mass is 354 g/mol. The zero-order valence-corrected chi connectivity index (χ0v) is 14.9. The van der Waals surface area contributed by atoms with Crippen molar-refractivity contribution in [2.75, 3.05) is 5.32 Å². The number of pyridine rings is 3. The molecular formula is C22H18N4O. The predicted molar refractivity (Wildman–Crippen MR) is 106 cm³/mol. The van der Waals surface area contributed by atoms with Crippen LogP contribution in [0, 0.1) is 6.92 Å². The number of nitrogens with zero attached hydrogens (tertiary/aromatic N) is 3. The summed E-state index contributed by atoms with van der Waals surface area (Å²) in [4.78, 5) is 25.8. The maximum atomic E-state index is 12.5. The largest absolute Gasteiger partial charge is 0.310 e. The zero-order valence-electron chi connectivity index (χ0n) is 14.9. The van der Waals surface area contributed by atoms with Crippen molar-refractivity contribution in [1.29, 1.82) is 0 Å². The first-order valence-electron chi connectivity index (χ1n) is 8.71. The van der Waals surface area contributed by atoms with E-state index >= 15 is 0 Å². The molecule has 0 saturated heterocycles. The zero-order chi connectivity index (χ0) is 18.6. The summed E-state index contributed by atoms with van der Waals surface area (Å²) in [6.07, 6.45) is 3.75. The van der Waals surface area contributed by atoms with Crippen LogP contribution in [0.15, 0.2) is 73.1 Å². The molecule has 1 aromatic carbocycles. The van der Waals surface area contributed by atoms with Crippen LogP contribution < -0.4 is 5.32 Å². The average Bonchev–Trinajstić information content (AvgIpc) is 2.68. The van der Waals surface area contributed by atoms with Gasteiger partial charge in [-0.25, -0.2) is 9.97 Å². The molecule has 5 nitrogen and oxygen atoms in total. The Bertz CT molecular complexity index is 1110. The fourth-order valence-corrected chi connectivity index (χ4v) is 3.00. The molecule has 0 aliphatic rings. The first-order chi connectivity index (χ1) is 13.2. The number of nitrogens with one attached hydrogen (secondary N) is 1. The topological polar surface area (TPSA) is 67.8 Å². The molecule has 3 aromatic heterocycles. The van der Waals surface area contributed by atoms with Gasteiger partial charge in [0.2, 0.25) is 5.91 Å². The van der Waals surface area contributed by atoms with Gasteiger partial charge >= 0.3 is 0 Å². The highest BCUT2D eigenvalue weighted by molar-refractivity contribution is 5.95. The van der Waals surface area contributed by atoms with Gasteiger partial charge in [-0.3, -0.25) is 9.78 Å². The van der Waals surface area contributed by atoms with Gasteiger partial charge in [-0.2, -0.15) is 0 Å². The molecule has 0 atom stereocenters. The molecule has 0 bridgehead atoms. The number of hydrogen-bond acceptors (Lipinski definition) is 4. The molecule has 132 valence electrons. The molecular weight excluding hydrogens is 336 g/mol. The molecule has 0 saturated carbocycles. The summed E-state index contributed by atoms with van der Waals surface area (Å²) < 4.78 is 0. The first kappa shape index (κ1) is 16.8. The van der Waals surface area contributed by atoms with Gasteiger partial charge in [0.15, 0.2) is 0 Å².